The Balaban J connectivity index is 0. The second-order valence-electron chi connectivity index (χ2n) is 2.32. The first kappa shape index (κ1) is 14.0. The lowest BCUT2D eigenvalue weighted by Crippen LogP contribution is -3.00. The number of nitrogens with one attached hydrogen (secondary N) is 1. The van der Waals surface area contributed by atoms with Gasteiger partial charge in [-0.1, -0.05) is 6.58 Å². The van der Waals surface area contributed by atoms with Gasteiger partial charge in [-0.25, -0.2) is 10.9 Å². The molecular weight excluding hydrogens is 180 g/mol. The van der Waals surface area contributed by atoms with Crippen molar-refractivity contribution in [3.05, 3.63) is 12.2 Å². The van der Waals surface area contributed by atoms with E-state index in [0.29, 0.717) is 18.5 Å². The maximum Gasteiger partial charge on any atom is 0.290 e. The van der Waals surface area contributed by atoms with Gasteiger partial charge < -0.3 is 17.5 Å². The van der Waals surface area contributed by atoms with Crippen LogP contribution in [0.5, 0.6) is 0 Å². The minimum absolute atomic E-state index is 0. The van der Waals surface area contributed by atoms with Gasteiger partial charge in [-0.2, -0.15) is 0 Å². The summed E-state index contributed by atoms with van der Waals surface area (Å²) in [6, 6.07) is 0. The average molecular weight is 195 g/mol. The van der Waals surface area contributed by atoms with Crippen LogP contribution in [0.25, 0.3) is 0 Å². The number of hydrogen-bond donors (Lipinski definition) is 3. The summed E-state index contributed by atoms with van der Waals surface area (Å²) in [7, 11) is 0. The van der Waals surface area contributed by atoms with E-state index < -0.39 is 0 Å². The Morgan fingerprint density at radius 2 is 2.25 bits per heavy atom. The van der Waals surface area contributed by atoms with Crippen molar-refractivity contribution in [2.75, 3.05) is 13.2 Å². The molecule has 0 aromatic heterocycles. The predicted octanol–water partition coefficient (Wildman–Crippen LogP) is -4.46. The minimum Gasteiger partial charge on any atom is -1.00 e. The quantitative estimate of drug-likeness (QED) is 0.136. The van der Waals surface area contributed by atoms with Crippen LogP contribution in [0.15, 0.2) is 12.2 Å². The number of aliphatic hydroxyl groups is 1. The van der Waals surface area contributed by atoms with E-state index in [1.54, 1.807) is 12.3 Å². The van der Waals surface area contributed by atoms with Crippen LogP contribution in [0, 0.1) is 0 Å². The van der Waals surface area contributed by atoms with Crippen LogP contribution in [0.3, 0.4) is 0 Å². The minimum atomic E-state index is -0.164. The molecule has 0 aromatic rings. The van der Waals surface area contributed by atoms with E-state index >= 15 is 0 Å². The molecule has 0 unspecified atom stereocenters. The molecule has 0 bridgehead atoms. The summed E-state index contributed by atoms with van der Waals surface area (Å²) in [6.45, 7) is 5.96. The number of carbonyl (C=O) groups excluding carboxylic acids is 1. The summed E-state index contributed by atoms with van der Waals surface area (Å²) >= 11 is 0. The van der Waals surface area contributed by atoms with E-state index in [0.717, 1.165) is 0 Å². The molecule has 0 aliphatic heterocycles. The normalized spacial score (nSPS) is 8.50. The summed E-state index contributed by atoms with van der Waals surface area (Å²) in [5, 5.41) is 8.39. The maximum atomic E-state index is 10.8. The van der Waals surface area contributed by atoms with Crippen LogP contribution in [-0.4, -0.2) is 24.2 Å². The molecule has 0 aliphatic carbocycles. The van der Waals surface area contributed by atoms with Crippen molar-refractivity contribution in [2.24, 2.45) is 0 Å². The zero-order chi connectivity index (χ0) is 8.69. The van der Waals surface area contributed by atoms with Gasteiger partial charge in [0.1, 0.15) is 0 Å². The Hall–Kier alpha value is -0.580. The lowest BCUT2D eigenvalue weighted by Gasteiger charge is -2.00. The standard InChI is InChI=1S/C7H14N2O2.ClH/c1-6(2)7(11)9-8-4-3-5-10;/h8,10H,1,3-5H2,2H3,(H,9,11);1H. The van der Waals surface area contributed by atoms with Crippen molar-refractivity contribution >= 4 is 5.91 Å². The van der Waals surface area contributed by atoms with Gasteiger partial charge in [0.25, 0.3) is 5.91 Å². The zero-order valence-corrected chi connectivity index (χ0v) is 7.90. The van der Waals surface area contributed by atoms with E-state index in [9.17, 15) is 4.79 Å². The van der Waals surface area contributed by atoms with Gasteiger partial charge in [0, 0.05) is 18.6 Å². The number of quaternary nitrogens is 1. The highest BCUT2D eigenvalue weighted by atomic mass is 35.5. The van der Waals surface area contributed by atoms with Gasteiger partial charge in [0.05, 0.1) is 6.54 Å². The maximum absolute atomic E-state index is 10.8. The molecule has 0 aliphatic rings. The summed E-state index contributed by atoms with van der Waals surface area (Å²) in [6.07, 6.45) is 0.677. The fraction of sp³-hybridized carbons (Fsp3) is 0.571. The molecule has 0 rings (SSSR count). The molecule has 72 valence electrons. The number of amides is 1. The molecule has 0 saturated heterocycles. The molecule has 0 atom stereocenters. The number of halogens is 1. The van der Waals surface area contributed by atoms with Gasteiger partial charge in [-0.3, -0.25) is 4.79 Å². The molecule has 0 heterocycles. The molecule has 5 heteroatoms. The van der Waals surface area contributed by atoms with Crippen LogP contribution in [0.2, 0.25) is 0 Å². The first-order valence-electron chi connectivity index (χ1n) is 3.57. The van der Waals surface area contributed by atoms with Gasteiger partial charge in [-0.05, 0) is 6.92 Å². The Bertz CT molecular complexity index is 150. The number of nitrogens with two attached hydrogens (primary N) is 1. The van der Waals surface area contributed by atoms with Crippen LogP contribution in [-0.2, 0) is 4.79 Å². The van der Waals surface area contributed by atoms with Crippen molar-refractivity contribution in [1.29, 1.82) is 0 Å². The largest absolute Gasteiger partial charge is 1.00 e. The van der Waals surface area contributed by atoms with Crippen LogP contribution < -0.4 is 23.3 Å². The summed E-state index contributed by atoms with van der Waals surface area (Å²) in [4.78, 5) is 10.8. The molecule has 4 nitrogen and oxygen atoms in total. The van der Waals surface area contributed by atoms with Gasteiger partial charge in [0.2, 0.25) is 0 Å². The highest BCUT2D eigenvalue weighted by Gasteiger charge is 2.00. The highest BCUT2D eigenvalue weighted by Crippen LogP contribution is 1.80. The molecule has 1 amide bonds. The predicted molar refractivity (Wildman–Crippen MR) is 41.5 cm³/mol. The first-order valence-corrected chi connectivity index (χ1v) is 3.57. The fourth-order valence-electron chi connectivity index (χ4n) is 0.481. The second kappa shape index (κ2) is 8.52. The third kappa shape index (κ3) is 7.53. The Labute approximate surface area is 78.4 Å². The van der Waals surface area contributed by atoms with E-state index in [-0.39, 0.29) is 24.9 Å². The lowest BCUT2D eigenvalue weighted by molar-refractivity contribution is -0.698. The van der Waals surface area contributed by atoms with Crippen LogP contribution >= 0.6 is 0 Å². The number of carbonyl (C=O) groups is 1. The molecule has 0 aromatic carbocycles. The Kier molecular flexibility index (Phi) is 9.92. The summed E-state index contributed by atoms with van der Waals surface area (Å²) in [5.41, 5.74) is 4.67. The molecule has 12 heavy (non-hydrogen) atoms. The molecular formula is C7H15ClN2O2. The average Bonchev–Trinajstić information content (AvgIpc) is 1.97. The van der Waals surface area contributed by atoms with Gasteiger partial charge >= 0.3 is 0 Å². The molecule has 0 fully saturated rings. The zero-order valence-electron chi connectivity index (χ0n) is 7.14. The van der Waals surface area contributed by atoms with E-state index in [4.69, 9.17) is 5.11 Å². The molecule has 4 N–H and O–H groups in total. The summed E-state index contributed by atoms with van der Waals surface area (Å²) < 4.78 is 0. The van der Waals surface area contributed by atoms with Crippen molar-refractivity contribution in [3.8, 4) is 0 Å². The van der Waals surface area contributed by atoms with Crippen molar-refractivity contribution in [1.82, 2.24) is 5.43 Å². The SMILES string of the molecule is C=C(C)C(=O)N[NH2+]CCCO.[Cl-]. The number of rotatable bonds is 5. The van der Waals surface area contributed by atoms with Gasteiger partial charge in [0.15, 0.2) is 0 Å². The first-order chi connectivity index (χ1) is 5.18. The smallest absolute Gasteiger partial charge is 0.290 e. The topological polar surface area (TPSA) is 65.9 Å². The number of hydrogen-bond acceptors (Lipinski definition) is 2. The number of aliphatic hydroxyl groups excluding tert-OH is 1. The van der Waals surface area contributed by atoms with Gasteiger partial charge in [-0.15, -0.1) is 0 Å². The highest BCUT2D eigenvalue weighted by molar-refractivity contribution is 5.90. The van der Waals surface area contributed by atoms with Crippen molar-refractivity contribution in [3.63, 3.8) is 0 Å². The van der Waals surface area contributed by atoms with E-state index in [1.807, 2.05) is 0 Å². The van der Waals surface area contributed by atoms with Crippen LogP contribution in [0.1, 0.15) is 13.3 Å². The van der Waals surface area contributed by atoms with Crippen molar-refractivity contribution < 1.29 is 27.7 Å². The lowest BCUT2D eigenvalue weighted by atomic mass is 10.3. The molecule has 0 radical (unpaired) electrons. The molecule has 0 saturated carbocycles. The van der Waals surface area contributed by atoms with E-state index in [2.05, 4.69) is 12.0 Å². The second-order valence-corrected chi connectivity index (χ2v) is 2.32. The third-order valence-corrected chi connectivity index (χ3v) is 1.13. The monoisotopic (exact) mass is 194 g/mol. The van der Waals surface area contributed by atoms with E-state index in [1.165, 1.54) is 0 Å². The Morgan fingerprint density at radius 3 is 2.67 bits per heavy atom. The summed E-state index contributed by atoms with van der Waals surface area (Å²) in [5.74, 6) is -0.164. The van der Waals surface area contributed by atoms with Crippen molar-refractivity contribution in [2.45, 2.75) is 13.3 Å². The Morgan fingerprint density at radius 1 is 1.67 bits per heavy atom. The fourth-order valence-corrected chi connectivity index (χ4v) is 0.481. The van der Waals surface area contributed by atoms with Crippen LogP contribution in [0.4, 0.5) is 0 Å². The third-order valence-electron chi connectivity index (χ3n) is 1.13. The molecule has 0 spiro atoms.